The van der Waals surface area contributed by atoms with Crippen molar-refractivity contribution in [2.75, 3.05) is 42.9 Å². The van der Waals surface area contributed by atoms with Gasteiger partial charge in [0.2, 0.25) is 5.91 Å². The van der Waals surface area contributed by atoms with Gasteiger partial charge in [0.05, 0.1) is 6.42 Å². The fraction of sp³-hybridized carbons (Fsp3) is 0.364. The molecule has 1 fully saturated rings. The lowest BCUT2D eigenvalue weighted by Crippen LogP contribution is -2.47. The Morgan fingerprint density at radius 3 is 2.50 bits per heavy atom. The van der Waals surface area contributed by atoms with Crippen molar-refractivity contribution in [3.05, 3.63) is 59.7 Å². The smallest absolute Gasteiger partial charge is 0.307 e. The molecule has 0 radical (unpaired) electrons. The average Bonchev–Trinajstić information content (AvgIpc) is 2.68. The molecule has 0 aromatic heterocycles. The summed E-state index contributed by atoms with van der Waals surface area (Å²) in [6, 6.07) is 15.6. The Kier molecular flexibility index (Phi) is 6.66. The molecule has 1 heterocycles. The van der Waals surface area contributed by atoms with Gasteiger partial charge in [-0.3, -0.25) is 14.5 Å². The SMILES string of the molecule is Cc1cccc(N2CCN(CCC(=O)Nc3ccccc3CC(=O)O)CC2)c1. The maximum absolute atomic E-state index is 12.3. The predicted octanol–water partition coefficient (Wildman–Crippen LogP) is 2.77. The summed E-state index contributed by atoms with van der Waals surface area (Å²) >= 11 is 0. The Bertz CT molecular complexity index is 829. The van der Waals surface area contributed by atoms with Crippen molar-refractivity contribution in [3.63, 3.8) is 0 Å². The Morgan fingerprint density at radius 1 is 1.04 bits per heavy atom. The molecule has 0 unspecified atom stereocenters. The fourth-order valence-electron chi connectivity index (χ4n) is 3.49. The van der Waals surface area contributed by atoms with Gasteiger partial charge >= 0.3 is 5.97 Å². The van der Waals surface area contributed by atoms with Gasteiger partial charge in [0.15, 0.2) is 0 Å². The van der Waals surface area contributed by atoms with Crippen LogP contribution in [0.1, 0.15) is 17.5 Å². The number of hydrogen-bond donors (Lipinski definition) is 2. The first kappa shape index (κ1) is 19.9. The molecule has 0 bridgehead atoms. The number of carbonyl (C=O) groups excluding carboxylic acids is 1. The number of nitrogens with zero attached hydrogens (tertiary/aromatic N) is 2. The molecule has 0 spiro atoms. The number of aryl methyl sites for hydroxylation is 1. The third-order valence-corrected chi connectivity index (χ3v) is 5.03. The van der Waals surface area contributed by atoms with E-state index in [4.69, 9.17) is 5.11 Å². The fourth-order valence-corrected chi connectivity index (χ4v) is 3.49. The van der Waals surface area contributed by atoms with E-state index in [1.807, 2.05) is 0 Å². The van der Waals surface area contributed by atoms with Gasteiger partial charge in [-0.2, -0.15) is 0 Å². The first-order chi connectivity index (χ1) is 13.5. The minimum Gasteiger partial charge on any atom is -0.481 e. The number of carboxylic acids is 1. The summed E-state index contributed by atoms with van der Waals surface area (Å²) in [6.07, 6.45) is 0.295. The van der Waals surface area contributed by atoms with Crippen LogP contribution in [-0.2, 0) is 16.0 Å². The van der Waals surface area contributed by atoms with Gasteiger partial charge in [-0.15, -0.1) is 0 Å². The Balaban J connectivity index is 1.45. The number of aliphatic carboxylic acids is 1. The van der Waals surface area contributed by atoms with Gasteiger partial charge in [-0.1, -0.05) is 30.3 Å². The van der Waals surface area contributed by atoms with Gasteiger partial charge in [0.1, 0.15) is 0 Å². The number of rotatable bonds is 7. The molecular weight excluding hydrogens is 354 g/mol. The first-order valence-corrected chi connectivity index (χ1v) is 9.65. The minimum atomic E-state index is -0.909. The predicted molar refractivity (Wildman–Crippen MR) is 111 cm³/mol. The van der Waals surface area contributed by atoms with Crippen LogP contribution in [0.15, 0.2) is 48.5 Å². The lowest BCUT2D eigenvalue weighted by atomic mass is 10.1. The molecule has 148 valence electrons. The lowest BCUT2D eigenvalue weighted by molar-refractivity contribution is -0.136. The van der Waals surface area contributed by atoms with E-state index in [0.29, 0.717) is 24.2 Å². The molecule has 1 saturated heterocycles. The molecule has 0 saturated carbocycles. The molecule has 0 atom stereocenters. The summed E-state index contributed by atoms with van der Waals surface area (Å²) in [5.74, 6) is -0.993. The number of hydrogen-bond acceptors (Lipinski definition) is 4. The molecule has 6 heteroatoms. The van der Waals surface area contributed by atoms with Crippen LogP contribution in [-0.4, -0.2) is 54.6 Å². The van der Waals surface area contributed by atoms with Crippen molar-refractivity contribution in [1.82, 2.24) is 4.90 Å². The van der Waals surface area contributed by atoms with Crippen LogP contribution in [0.2, 0.25) is 0 Å². The number of amides is 1. The summed E-state index contributed by atoms with van der Waals surface area (Å²) in [4.78, 5) is 28.0. The van der Waals surface area contributed by atoms with E-state index in [-0.39, 0.29) is 12.3 Å². The molecule has 1 aliphatic rings. The second kappa shape index (κ2) is 9.37. The number of carboxylic acid groups (broad SMARTS) is 1. The van der Waals surface area contributed by atoms with Crippen molar-refractivity contribution in [1.29, 1.82) is 0 Å². The summed E-state index contributed by atoms with van der Waals surface area (Å²) in [6.45, 7) is 6.56. The molecule has 2 aromatic rings. The number of anilines is 2. The van der Waals surface area contributed by atoms with Crippen molar-refractivity contribution < 1.29 is 14.7 Å². The van der Waals surface area contributed by atoms with Crippen LogP contribution in [0, 0.1) is 6.92 Å². The number of benzene rings is 2. The highest BCUT2D eigenvalue weighted by Crippen LogP contribution is 2.18. The van der Waals surface area contributed by atoms with Crippen LogP contribution in [0.5, 0.6) is 0 Å². The average molecular weight is 381 g/mol. The third kappa shape index (κ3) is 5.57. The van der Waals surface area contributed by atoms with Crippen LogP contribution in [0.25, 0.3) is 0 Å². The molecule has 2 aromatic carbocycles. The normalized spacial score (nSPS) is 14.7. The summed E-state index contributed by atoms with van der Waals surface area (Å²) < 4.78 is 0. The van der Waals surface area contributed by atoms with Crippen molar-refractivity contribution in [3.8, 4) is 0 Å². The molecule has 1 aliphatic heterocycles. The molecule has 1 amide bonds. The Labute approximate surface area is 165 Å². The van der Waals surface area contributed by atoms with Crippen molar-refractivity contribution >= 4 is 23.3 Å². The van der Waals surface area contributed by atoms with Gasteiger partial charge in [-0.05, 0) is 36.2 Å². The molecule has 0 aliphatic carbocycles. The Morgan fingerprint density at radius 2 is 1.79 bits per heavy atom. The number of para-hydroxylation sites is 1. The van der Waals surface area contributed by atoms with E-state index in [2.05, 4.69) is 46.3 Å². The van der Waals surface area contributed by atoms with Gasteiger partial charge in [-0.25, -0.2) is 0 Å². The molecule has 3 rings (SSSR count). The highest BCUT2D eigenvalue weighted by Gasteiger charge is 2.18. The van der Waals surface area contributed by atoms with Gasteiger partial charge in [0, 0.05) is 50.5 Å². The van der Waals surface area contributed by atoms with Crippen LogP contribution in [0.3, 0.4) is 0 Å². The highest BCUT2D eigenvalue weighted by atomic mass is 16.4. The highest BCUT2D eigenvalue weighted by molar-refractivity contribution is 5.92. The van der Waals surface area contributed by atoms with Crippen molar-refractivity contribution in [2.45, 2.75) is 19.8 Å². The van der Waals surface area contributed by atoms with E-state index < -0.39 is 5.97 Å². The monoisotopic (exact) mass is 381 g/mol. The summed E-state index contributed by atoms with van der Waals surface area (Å²) in [5, 5.41) is 11.9. The number of nitrogens with one attached hydrogen (secondary N) is 1. The van der Waals surface area contributed by atoms with Gasteiger partial charge in [0.25, 0.3) is 0 Å². The summed E-state index contributed by atoms with van der Waals surface area (Å²) in [7, 11) is 0. The Hall–Kier alpha value is -2.86. The van der Waals surface area contributed by atoms with E-state index >= 15 is 0 Å². The quantitative estimate of drug-likeness (QED) is 0.772. The van der Waals surface area contributed by atoms with Crippen LogP contribution >= 0.6 is 0 Å². The molecule has 2 N–H and O–H groups in total. The second-order valence-corrected chi connectivity index (χ2v) is 7.19. The number of piperazine rings is 1. The molecule has 6 nitrogen and oxygen atoms in total. The van der Waals surface area contributed by atoms with E-state index in [0.717, 1.165) is 26.2 Å². The van der Waals surface area contributed by atoms with E-state index in [1.165, 1.54) is 11.3 Å². The standard InChI is InChI=1S/C22H27N3O3/c1-17-5-4-7-19(15-17)25-13-11-24(12-14-25)10-9-21(26)23-20-8-3-2-6-18(20)16-22(27)28/h2-8,15H,9-14,16H2,1H3,(H,23,26)(H,27,28). The van der Waals surface area contributed by atoms with Crippen LogP contribution < -0.4 is 10.2 Å². The largest absolute Gasteiger partial charge is 0.481 e. The van der Waals surface area contributed by atoms with Crippen molar-refractivity contribution in [2.24, 2.45) is 0 Å². The zero-order chi connectivity index (χ0) is 19.9. The van der Waals surface area contributed by atoms with Crippen LogP contribution in [0.4, 0.5) is 11.4 Å². The molecule has 28 heavy (non-hydrogen) atoms. The summed E-state index contributed by atoms with van der Waals surface area (Å²) in [5.41, 5.74) is 3.72. The lowest BCUT2D eigenvalue weighted by Gasteiger charge is -2.36. The maximum atomic E-state index is 12.3. The first-order valence-electron chi connectivity index (χ1n) is 9.65. The number of carbonyl (C=O) groups is 2. The van der Waals surface area contributed by atoms with E-state index in [9.17, 15) is 9.59 Å². The van der Waals surface area contributed by atoms with Gasteiger partial charge < -0.3 is 15.3 Å². The third-order valence-electron chi connectivity index (χ3n) is 5.03. The minimum absolute atomic E-state index is 0.0843. The molecular formula is C22H27N3O3. The zero-order valence-electron chi connectivity index (χ0n) is 16.2. The van der Waals surface area contributed by atoms with E-state index in [1.54, 1.807) is 24.3 Å². The maximum Gasteiger partial charge on any atom is 0.307 e. The topological polar surface area (TPSA) is 72.9 Å². The second-order valence-electron chi connectivity index (χ2n) is 7.19. The zero-order valence-corrected chi connectivity index (χ0v) is 16.2.